The summed E-state index contributed by atoms with van der Waals surface area (Å²) in [6.07, 6.45) is 0. The Kier molecular flexibility index (Phi) is 5440. The van der Waals surface area contributed by atoms with Crippen LogP contribution in [0.3, 0.4) is 0 Å². The molecule has 0 atom stereocenters. The topological polar surface area (TPSA) is 131 Å². The van der Waals surface area contributed by atoms with Gasteiger partial charge >= 0.3 is 17.1 Å². The molecule has 0 rings (SSSR count). The summed E-state index contributed by atoms with van der Waals surface area (Å²) in [5.41, 5.74) is 0. The van der Waals surface area contributed by atoms with Crippen LogP contribution < -0.4 is 10.2 Å². The van der Waals surface area contributed by atoms with Crippen LogP contribution in [0, 0.1) is 0 Å². The van der Waals surface area contributed by atoms with Gasteiger partial charge in [0, 0.05) is 0 Å². The Morgan fingerprint density at radius 2 is 0.467 bits per heavy atom. The second-order valence-corrected chi connectivity index (χ2v) is 0. The van der Waals surface area contributed by atoms with Crippen molar-refractivity contribution in [1.82, 2.24) is 0 Å². The molecule has 0 unspecified atom stereocenters. The van der Waals surface area contributed by atoms with Gasteiger partial charge in [0.15, 0.2) is 0 Å². The Balaban J connectivity index is -0.00000000628. The van der Waals surface area contributed by atoms with Gasteiger partial charge in [-0.25, -0.2) is 0 Å². The van der Waals surface area contributed by atoms with Crippen molar-refractivity contribution >= 4 is 33.9 Å². The zero-order valence-corrected chi connectivity index (χ0v) is 9.95. The van der Waals surface area contributed by atoms with Crippen LogP contribution in [0.25, 0.3) is 0 Å². The van der Waals surface area contributed by atoms with Crippen molar-refractivity contribution in [3.63, 3.8) is 0 Å². The minimum absolute atomic E-state index is 0. The first-order valence-electron chi connectivity index (χ1n) is 2.26. The fourth-order valence-corrected chi connectivity index (χ4v) is 0. The van der Waals surface area contributed by atoms with Gasteiger partial charge in [-0.2, -0.15) is 14.2 Å². The van der Waals surface area contributed by atoms with Crippen LogP contribution in [0.1, 0.15) is 0 Å². The van der Waals surface area contributed by atoms with E-state index < -0.39 is 0 Å². The van der Waals surface area contributed by atoms with Crippen LogP contribution in [-0.2, 0) is 41.0 Å². The maximum atomic E-state index is 8.25. The van der Waals surface area contributed by atoms with E-state index >= 15 is 0 Å². The summed E-state index contributed by atoms with van der Waals surface area (Å²) in [4.78, 5) is 40.0. The molecule has 0 amide bonds. The third-order valence-corrected chi connectivity index (χ3v) is 0. The van der Waals surface area contributed by atoms with Crippen LogP contribution in [0.15, 0.2) is 0 Å². The van der Waals surface area contributed by atoms with Crippen molar-refractivity contribution < 1.29 is 51.3 Å². The number of hydrogen-bond acceptors (Lipinski definition) is 7. The summed E-state index contributed by atoms with van der Waals surface area (Å²) in [5.74, 6) is 0. The first-order chi connectivity index (χ1) is 7.00. The van der Waals surface area contributed by atoms with Crippen molar-refractivity contribution in [3.8, 4) is 0 Å². The average Bonchev–Trinajstić information content (AvgIpc) is 2.45. The molecule has 0 saturated heterocycles. The summed E-state index contributed by atoms with van der Waals surface area (Å²) < 4.78 is 0. The Morgan fingerprint density at radius 3 is 0.467 bits per heavy atom. The van der Waals surface area contributed by atoms with E-state index in [1.54, 1.807) is 0 Å². The van der Waals surface area contributed by atoms with Crippen molar-refractivity contribution in [2.24, 2.45) is 0 Å². The minimum atomic E-state index is 0. The molecule has 7 nitrogen and oxygen atoms in total. The maximum absolute atomic E-state index is 8.25. The van der Waals surface area contributed by atoms with E-state index in [2.05, 4.69) is 0 Å². The summed E-state index contributed by atoms with van der Waals surface area (Å²) >= 11 is 0. The number of hydrogen-bond donors (Lipinski definition) is 0. The molecule has 0 spiro atoms. The summed E-state index contributed by atoms with van der Waals surface area (Å²) in [5, 5.41) is 16.5. The van der Waals surface area contributed by atoms with Crippen molar-refractivity contribution in [2.45, 2.75) is 0 Å². The van der Waals surface area contributed by atoms with Crippen LogP contribution >= 0.6 is 0 Å². The SMILES string of the molecule is C=O.C=O.C=O.C=O.C=O.C[O-].C[O-].[Mn+2]. The molecule has 0 aromatic rings. The zero-order chi connectivity index (χ0) is 14.0. The van der Waals surface area contributed by atoms with Gasteiger partial charge in [-0.3, -0.25) is 0 Å². The smallest absolute Gasteiger partial charge is 0.857 e. The fourth-order valence-electron chi connectivity index (χ4n) is 0. The molecule has 0 saturated carbocycles. The van der Waals surface area contributed by atoms with E-state index in [0.717, 1.165) is 14.2 Å². The molecule has 0 aliphatic rings. The average molecular weight is 267 g/mol. The summed E-state index contributed by atoms with van der Waals surface area (Å²) in [7, 11) is 1.50. The molecule has 0 aromatic heterocycles. The van der Waals surface area contributed by atoms with Gasteiger partial charge in [0.05, 0.1) is 0 Å². The van der Waals surface area contributed by atoms with E-state index in [1.165, 1.54) is 0 Å². The van der Waals surface area contributed by atoms with Crippen molar-refractivity contribution in [2.75, 3.05) is 14.2 Å². The monoisotopic (exact) mass is 267 g/mol. The summed E-state index contributed by atoms with van der Waals surface area (Å²) in [6, 6.07) is 0. The summed E-state index contributed by atoms with van der Waals surface area (Å²) in [6.45, 7) is 10.0. The van der Waals surface area contributed by atoms with Gasteiger partial charge in [-0.05, 0) is 0 Å². The molecule has 0 N–H and O–H groups in total. The molecule has 0 fully saturated rings. The number of carbonyl (C=O) groups excluding carboxylic acids is 5. The predicted octanol–water partition coefficient (Wildman–Crippen LogP) is -2.97. The second-order valence-electron chi connectivity index (χ2n) is 0. The largest absolute Gasteiger partial charge is 2.00 e. The maximum Gasteiger partial charge on any atom is 2.00 e. The van der Waals surface area contributed by atoms with Crippen LogP contribution in [0.2, 0.25) is 0 Å². The van der Waals surface area contributed by atoms with Crippen LogP contribution in [0.5, 0.6) is 0 Å². The molecule has 0 aliphatic carbocycles. The fraction of sp³-hybridized carbons (Fsp3) is 0.286. The molecule has 0 heterocycles. The van der Waals surface area contributed by atoms with E-state index in [-0.39, 0.29) is 17.1 Å². The van der Waals surface area contributed by atoms with E-state index in [0.29, 0.717) is 0 Å². The normalized spacial score (nSPS) is 2.13. The van der Waals surface area contributed by atoms with Gasteiger partial charge in [0.2, 0.25) is 0 Å². The minimum Gasteiger partial charge on any atom is -0.857 e. The molecule has 93 valence electrons. The molecular formula is C7H16MnO7. The van der Waals surface area contributed by atoms with E-state index in [9.17, 15) is 0 Å². The van der Waals surface area contributed by atoms with Gasteiger partial charge in [0.25, 0.3) is 0 Å². The Hall–Kier alpha value is -1.21. The van der Waals surface area contributed by atoms with Crippen LogP contribution in [-0.4, -0.2) is 48.2 Å². The Morgan fingerprint density at radius 1 is 0.467 bits per heavy atom. The molecule has 0 bridgehead atoms. The molecular weight excluding hydrogens is 251 g/mol. The molecule has 0 aliphatic heterocycles. The zero-order valence-electron chi connectivity index (χ0n) is 8.77. The van der Waals surface area contributed by atoms with E-state index in [4.69, 9.17) is 34.2 Å². The molecule has 15 heavy (non-hydrogen) atoms. The molecule has 0 aromatic carbocycles. The number of rotatable bonds is 0. The molecule has 8 heteroatoms. The van der Waals surface area contributed by atoms with Gasteiger partial charge in [-0.1, -0.05) is 0 Å². The number of carbonyl (C=O) groups is 5. The standard InChI is InChI=1S/2CH3O.5CH2O.Mn/c7*1-2;/h2*1H3;5*1H2;/q2*-1;;;;;;+2. The predicted molar refractivity (Wildman–Crippen MR) is 47.5 cm³/mol. The van der Waals surface area contributed by atoms with Crippen LogP contribution in [0.4, 0.5) is 0 Å². The third-order valence-electron chi connectivity index (χ3n) is 0. The first kappa shape index (κ1) is 67.3. The van der Waals surface area contributed by atoms with Gasteiger partial charge in [0.1, 0.15) is 33.9 Å². The van der Waals surface area contributed by atoms with Gasteiger partial charge < -0.3 is 34.2 Å². The van der Waals surface area contributed by atoms with Crippen molar-refractivity contribution in [3.05, 3.63) is 0 Å². The first-order valence-corrected chi connectivity index (χ1v) is 2.26. The van der Waals surface area contributed by atoms with E-state index in [1.807, 2.05) is 33.9 Å². The third kappa shape index (κ3) is 1020. The quantitative estimate of drug-likeness (QED) is 0.428. The van der Waals surface area contributed by atoms with Crippen molar-refractivity contribution in [1.29, 1.82) is 0 Å². The Labute approximate surface area is 100.0 Å². The Bertz CT molecular complexity index is 30.9. The molecule has 1 radical (unpaired) electrons. The van der Waals surface area contributed by atoms with Gasteiger partial charge in [-0.15, -0.1) is 0 Å². The second kappa shape index (κ2) is 1210.